The van der Waals surface area contributed by atoms with E-state index >= 15 is 0 Å². The average molecular weight is 328 g/mol. The molecule has 0 saturated carbocycles. The molecule has 0 amide bonds. The minimum absolute atomic E-state index is 0.0568. The molecule has 7 heteroatoms. The summed E-state index contributed by atoms with van der Waals surface area (Å²) in [6.07, 6.45) is 0.739. The standard InChI is InChI=1S/C15H21FN2O3S/c1-11-3-4-12(16)9-15(11)22(19,20)18-7-8-21-14-5-6-17(2)10-13(14)18/h3-4,9,13-14H,5-8,10H2,1-2H3/t13-,14+/m1/s1. The molecule has 0 bridgehead atoms. The van der Waals surface area contributed by atoms with E-state index in [1.807, 2.05) is 7.05 Å². The highest BCUT2D eigenvalue weighted by Gasteiger charge is 2.42. The highest BCUT2D eigenvalue weighted by Crippen LogP contribution is 2.29. The molecule has 2 aliphatic rings. The molecule has 0 unspecified atom stereocenters. The lowest BCUT2D eigenvalue weighted by molar-refractivity contribution is -0.0719. The molecular weight excluding hydrogens is 307 g/mol. The maximum absolute atomic E-state index is 13.5. The quantitative estimate of drug-likeness (QED) is 0.819. The summed E-state index contributed by atoms with van der Waals surface area (Å²) < 4.78 is 46.8. The second-order valence-electron chi connectivity index (χ2n) is 6.05. The Kier molecular flexibility index (Phi) is 4.24. The molecule has 1 aromatic carbocycles. The van der Waals surface area contributed by atoms with Crippen molar-refractivity contribution in [2.75, 3.05) is 33.3 Å². The van der Waals surface area contributed by atoms with E-state index in [0.29, 0.717) is 25.3 Å². The maximum Gasteiger partial charge on any atom is 0.243 e. The van der Waals surface area contributed by atoms with Gasteiger partial charge >= 0.3 is 0 Å². The summed E-state index contributed by atoms with van der Waals surface area (Å²) in [6, 6.07) is 3.69. The Morgan fingerprint density at radius 2 is 2.09 bits per heavy atom. The Morgan fingerprint density at radius 3 is 2.86 bits per heavy atom. The molecule has 122 valence electrons. The number of hydrogen-bond acceptors (Lipinski definition) is 4. The fourth-order valence-corrected chi connectivity index (χ4v) is 5.14. The predicted octanol–water partition coefficient (Wildman–Crippen LogP) is 1.23. The van der Waals surface area contributed by atoms with Crippen LogP contribution in [0.4, 0.5) is 4.39 Å². The first kappa shape index (κ1) is 15.9. The zero-order valence-corrected chi connectivity index (χ0v) is 13.6. The molecule has 0 radical (unpaired) electrons. The number of ether oxygens (including phenoxy) is 1. The molecule has 2 saturated heterocycles. The van der Waals surface area contributed by atoms with Gasteiger partial charge in [-0.1, -0.05) is 6.07 Å². The second kappa shape index (κ2) is 5.88. The number of sulfonamides is 1. The van der Waals surface area contributed by atoms with E-state index in [4.69, 9.17) is 4.74 Å². The van der Waals surface area contributed by atoms with E-state index < -0.39 is 15.8 Å². The number of piperidine rings is 1. The van der Waals surface area contributed by atoms with Crippen LogP contribution in [0.1, 0.15) is 12.0 Å². The van der Waals surface area contributed by atoms with E-state index in [1.54, 1.807) is 6.92 Å². The van der Waals surface area contributed by atoms with Crippen molar-refractivity contribution in [1.82, 2.24) is 9.21 Å². The molecule has 1 aromatic rings. The van der Waals surface area contributed by atoms with Crippen LogP contribution in [0, 0.1) is 12.7 Å². The third kappa shape index (κ3) is 2.78. The van der Waals surface area contributed by atoms with Crippen LogP contribution in [0.2, 0.25) is 0 Å². The monoisotopic (exact) mass is 328 g/mol. The Labute approximate surface area is 130 Å². The molecule has 2 atom stereocenters. The van der Waals surface area contributed by atoms with Crippen molar-refractivity contribution in [2.24, 2.45) is 0 Å². The van der Waals surface area contributed by atoms with Crippen LogP contribution in [-0.4, -0.2) is 63.1 Å². The van der Waals surface area contributed by atoms with Crippen LogP contribution in [0.5, 0.6) is 0 Å². The fraction of sp³-hybridized carbons (Fsp3) is 0.600. The lowest BCUT2D eigenvalue weighted by Crippen LogP contribution is -2.60. The number of hydrogen-bond donors (Lipinski definition) is 0. The topological polar surface area (TPSA) is 49.9 Å². The number of likely N-dealkylation sites (N-methyl/N-ethyl adjacent to an activating group) is 1. The van der Waals surface area contributed by atoms with Crippen molar-refractivity contribution in [3.8, 4) is 0 Å². The highest BCUT2D eigenvalue weighted by atomic mass is 32.2. The van der Waals surface area contributed by atoms with E-state index in [-0.39, 0.29) is 17.0 Å². The number of likely N-dealkylation sites (tertiary alicyclic amines) is 1. The predicted molar refractivity (Wildman–Crippen MR) is 80.7 cm³/mol. The number of morpholine rings is 1. The van der Waals surface area contributed by atoms with Gasteiger partial charge in [-0.05, 0) is 38.1 Å². The number of fused-ring (bicyclic) bond motifs is 1. The van der Waals surface area contributed by atoms with Crippen molar-refractivity contribution in [2.45, 2.75) is 30.4 Å². The van der Waals surface area contributed by atoms with Crippen LogP contribution in [-0.2, 0) is 14.8 Å². The third-order valence-corrected chi connectivity index (χ3v) is 6.54. The van der Waals surface area contributed by atoms with Gasteiger partial charge in [0.2, 0.25) is 10.0 Å². The lowest BCUT2D eigenvalue weighted by atomic mass is 10.0. The molecule has 2 heterocycles. The van der Waals surface area contributed by atoms with Crippen LogP contribution in [0.25, 0.3) is 0 Å². The van der Waals surface area contributed by atoms with Gasteiger partial charge in [0.05, 0.1) is 23.6 Å². The molecule has 5 nitrogen and oxygen atoms in total. The smallest absolute Gasteiger partial charge is 0.243 e. The van der Waals surface area contributed by atoms with Crippen molar-refractivity contribution in [3.63, 3.8) is 0 Å². The molecule has 0 aliphatic carbocycles. The minimum atomic E-state index is -3.72. The highest BCUT2D eigenvalue weighted by molar-refractivity contribution is 7.89. The van der Waals surface area contributed by atoms with Crippen LogP contribution in [0.15, 0.2) is 23.1 Å². The van der Waals surface area contributed by atoms with E-state index in [9.17, 15) is 12.8 Å². The van der Waals surface area contributed by atoms with Gasteiger partial charge in [-0.3, -0.25) is 0 Å². The first-order chi connectivity index (χ1) is 10.4. The van der Waals surface area contributed by atoms with Gasteiger partial charge in [0, 0.05) is 19.6 Å². The normalized spacial score (nSPS) is 27.6. The van der Waals surface area contributed by atoms with E-state index in [2.05, 4.69) is 4.90 Å². The summed E-state index contributed by atoms with van der Waals surface area (Å²) in [5.41, 5.74) is 0.564. The van der Waals surface area contributed by atoms with Crippen LogP contribution < -0.4 is 0 Å². The average Bonchev–Trinajstić information content (AvgIpc) is 2.48. The molecule has 2 fully saturated rings. The first-order valence-corrected chi connectivity index (χ1v) is 8.92. The zero-order valence-electron chi connectivity index (χ0n) is 12.8. The first-order valence-electron chi connectivity index (χ1n) is 7.48. The summed E-state index contributed by atoms with van der Waals surface area (Å²) in [7, 11) is -1.75. The van der Waals surface area contributed by atoms with Crippen molar-refractivity contribution >= 4 is 10.0 Å². The number of rotatable bonds is 2. The van der Waals surface area contributed by atoms with Crippen LogP contribution in [0.3, 0.4) is 0 Å². The maximum atomic E-state index is 13.5. The summed E-state index contributed by atoms with van der Waals surface area (Å²) >= 11 is 0. The number of halogens is 1. The zero-order chi connectivity index (χ0) is 15.9. The summed E-state index contributed by atoms with van der Waals surface area (Å²) in [6.45, 7) is 3.93. The third-order valence-electron chi connectivity index (χ3n) is 4.47. The Hall–Kier alpha value is -1.02. The Bertz CT molecular complexity index is 665. The van der Waals surface area contributed by atoms with Gasteiger partial charge in [-0.2, -0.15) is 4.31 Å². The summed E-state index contributed by atoms with van der Waals surface area (Å²) in [5.74, 6) is -0.533. The Morgan fingerprint density at radius 1 is 1.32 bits per heavy atom. The molecule has 0 aromatic heterocycles. The molecule has 3 rings (SSSR count). The SMILES string of the molecule is Cc1ccc(F)cc1S(=O)(=O)N1CCO[C@H]2CCN(C)C[C@H]21. The van der Waals surface area contributed by atoms with Crippen molar-refractivity contribution < 1.29 is 17.5 Å². The van der Waals surface area contributed by atoms with Gasteiger partial charge in [0.1, 0.15) is 5.82 Å². The minimum Gasteiger partial charge on any atom is -0.375 e. The number of nitrogens with zero attached hydrogens (tertiary/aromatic N) is 2. The van der Waals surface area contributed by atoms with Crippen LogP contribution >= 0.6 is 0 Å². The van der Waals surface area contributed by atoms with Gasteiger partial charge in [0.25, 0.3) is 0 Å². The Balaban J connectivity index is 1.98. The fourth-order valence-electron chi connectivity index (χ4n) is 3.28. The van der Waals surface area contributed by atoms with E-state index in [1.165, 1.54) is 16.4 Å². The molecule has 0 spiro atoms. The van der Waals surface area contributed by atoms with Gasteiger partial charge in [-0.25, -0.2) is 12.8 Å². The number of benzene rings is 1. The second-order valence-corrected chi connectivity index (χ2v) is 7.91. The van der Waals surface area contributed by atoms with Gasteiger partial charge in [0.15, 0.2) is 0 Å². The van der Waals surface area contributed by atoms with E-state index in [0.717, 1.165) is 19.0 Å². The summed E-state index contributed by atoms with van der Waals surface area (Å²) in [4.78, 5) is 2.16. The largest absolute Gasteiger partial charge is 0.375 e. The molecular formula is C15H21FN2O3S. The lowest BCUT2D eigenvalue weighted by Gasteiger charge is -2.45. The summed E-state index contributed by atoms with van der Waals surface area (Å²) in [5, 5.41) is 0. The van der Waals surface area contributed by atoms with Crippen molar-refractivity contribution in [3.05, 3.63) is 29.6 Å². The van der Waals surface area contributed by atoms with Gasteiger partial charge in [-0.15, -0.1) is 0 Å². The molecule has 22 heavy (non-hydrogen) atoms. The van der Waals surface area contributed by atoms with Crippen molar-refractivity contribution in [1.29, 1.82) is 0 Å². The number of aryl methyl sites for hydroxylation is 1. The molecule has 2 aliphatic heterocycles. The van der Waals surface area contributed by atoms with Gasteiger partial charge < -0.3 is 9.64 Å². The molecule has 0 N–H and O–H groups in total.